The summed E-state index contributed by atoms with van der Waals surface area (Å²) < 4.78 is 23.0. The molecule has 0 aromatic heterocycles. The highest BCUT2D eigenvalue weighted by molar-refractivity contribution is 7.93. The van der Waals surface area contributed by atoms with Gasteiger partial charge in [0.2, 0.25) is 0 Å². The first-order valence-electron chi connectivity index (χ1n) is 6.50. The van der Waals surface area contributed by atoms with Crippen LogP contribution < -0.4 is 16.6 Å². The van der Waals surface area contributed by atoms with Crippen molar-refractivity contribution in [2.24, 2.45) is 5.84 Å². The molecule has 0 spiro atoms. The lowest BCUT2D eigenvalue weighted by molar-refractivity contribution is -0.139. The number of carbonyl (C=O) groups is 3. The number of amides is 2. The molecule has 1 atom stereocenters. The molecule has 0 fully saturated rings. The van der Waals surface area contributed by atoms with Crippen LogP contribution in [0.2, 0.25) is 0 Å². The van der Waals surface area contributed by atoms with E-state index in [4.69, 9.17) is 5.84 Å². The van der Waals surface area contributed by atoms with Crippen molar-refractivity contribution in [2.75, 3.05) is 5.32 Å². The smallest absolute Gasteiger partial charge is 0.325 e. The Kier molecular flexibility index (Phi) is 5.46. The van der Waals surface area contributed by atoms with Gasteiger partial charge in [-0.3, -0.25) is 19.8 Å². The van der Waals surface area contributed by atoms with E-state index in [1.54, 1.807) is 5.43 Å². The quantitative estimate of drug-likeness (QED) is 0.246. The Balaban J connectivity index is 3.11. The molecule has 0 saturated heterocycles. The number of hydrogen-bond acceptors (Lipinski definition) is 6. The van der Waals surface area contributed by atoms with E-state index in [-0.39, 0.29) is 17.0 Å². The molecule has 0 heterocycles. The standard InChI is InChI=1S/C13H17N3O6S/c1-3-13(2,12(19)20)23(21,22)9-6-4-8(5-7-9)15-10(17)11(18)16-14/h4-7H,3,14H2,1-2H3,(H,15,17)(H,16,18)(H,19,20). The Labute approximate surface area is 132 Å². The second-order valence-corrected chi connectivity index (χ2v) is 7.22. The van der Waals surface area contributed by atoms with Gasteiger partial charge >= 0.3 is 17.8 Å². The third-order valence-electron chi connectivity index (χ3n) is 3.48. The summed E-state index contributed by atoms with van der Waals surface area (Å²) in [5.41, 5.74) is 1.81. The third-order valence-corrected chi connectivity index (χ3v) is 6.02. The number of rotatable bonds is 5. The molecule has 0 aliphatic heterocycles. The van der Waals surface area contributed by atoms with E-state index in [9.17, 15) is 27.9 Å². The number of anilines is 1. The van der Waals surface area contributed by atoms with E-state index in [0.29, 0.717) is 0 Å². The van der Waals surface area contributed by atoms with Gasteiger partial charge < -0.3 is 10.4 Å². The van der Waals surface area contributed by atoms with Crippen LogP contribution in [0.3, 0.4) is 0 Å². The fraction of sp³-hybridized carbons (Fsp3) is 0.308. The SMILES string of the molecule is CCC(C)(C(=O)O)S(=O)(=O)c1ccc(NC(=O)C(=O)NN)cc1. The maximum absolute atomic E-state index is 12.5. The number of aliphatic carboxylic acids is 1. The molecule has 2 amide bonds. The molecule has 1 aromatic carbocycles. The van der Waals surface area contributed by atoms with Gasteiger partial charge in [-0.25, -0.2) is 14.3 Å². The van der Waals surface area contributed by atoms with Gasteiger partial charge in [-0.05, 0) is 37.6 Å². The Bertz CT molecular complexity index is 729. The topological polar surface area (TPSA) is 156 Å². The molecule has 0 aliphatic carbocycles. The monoisotopic (exact) mass is 343 g/mol. The molecule has 0 aliphatic rings. The normalized spacial score (nSPS) is 13.7. The number of nitrogens with two attached hydrogens (primary N) is 1. The molecule has 0 radical (unpaired) electrons. The molecule has 1 aromatic rings. The predicted molar refractivity (Wildman–Crippen MR) is 80.9 cm³/mol. The van der Waals surface area contributed by atoms with E-state index in [1.165, 1.54) is 19.1 Å². The molecule has 23 heavy (non-hydrogen) atoms. The Morgan fingerprint density at radius 3 is 2.09 bits per heavy atom. The fourth-order valence-electron chi connectivity index (χ4n) is 1.69. The van der Waals surface area contributed by atoms with Crippen LogP contribution in [0.1, 0.15) is 20.3 Å². The minimum atomic E-state index is -4.13. The summed E-state index contributed by atoms with van der Waals surface area (Å²) in [5, 5.41) is 11.4. The predicted octanol–water partition coefficient (Wildman–Crippen LogP) is -0.358. The first-order chi connectivity index (χ1) is 10.6. The zero-order chi connectivity index (χ0) is 17.8. The lowest BCUT2D eigenvalue weighted by Crippen LogP contribution is -2.43. The van der Waals surface area contributed by atoms with Crippen LogP contribution in [0, 0.1) is 0 Å². The van der Waals surface area contributed by atoms with Crippen molar-refractivity contribution < 1.29 is 27.9 Å². The van der Waals surface area contributed by atoms with Crippen molar-refractivity contribution in [2.45, 2.75) is 29.9 Å². The Hall–Kier alpha value is -2.46. The zero-order valence-electron chi connectivity index (χ0n) is 12.5. The zero-order valence-corrected chi connectivity index (χ0v) is 13.3. The number of nitrogens with one attached hydrogen (secondary N) is 2. The van der Waals surface area contributed by atoms with E-state index < -0.39 is 32.4 Å². The highest BCUT2D eigenvalue weighted by Gasteiger charge is 2.45. The first-order valence-corrected chi connectivity index (χ1v) is 7.98. The Morgan fingerprint density at radius 1 is 1.17 bits per heavy atom. The lowest BCUT2D eigenvalue weighted by atomic mass is 10.1. The number of carboxylic acids is 1. The van der Waals surface area contributed by atoms with Crippen molar-refractivity contribution in [3.05, 3.63) is 24.3 Å². The van der Waals surface area contributed by atoms with Crippen molar-refractivity contribution in [1.82, 2.24) is 5.43 Å². The van der Waals surface area contributed by atoms with Crippen molar-refractivity contribution in [3.8, 4) is 0 Å². The van der Waals surface area contributed by atoms with Gasteiger partial charge in [-0.2, -0.15) is 0 Å². The van der Waals surface area contributed by atoms with Gasteiger partial charge in [0.05, 0.1) is 4.90 Å². The summed E-state index contributed by atoms with van der Waals surface area (Å²) in [6.45, 7) is 2.59. The third kappa shape index (κ3) is 3.48. The average molecular weight is 343 g/mol. The second-order valence-electron chi connectivity index (χ2n) is 4.84. The molecule has 126 valence electrons. The average Bonchev–Trinajstić information content (AvgIpc) is 2.53. The van der Waals surface area contributed by atoms with Crippen LogP contribution in [-0.4, -0.2) is 36.1 Å². The molecule has 0 bridgehead atoms. The summed E-state index contributed by atoms with van der Waals surface area (Å²) in [4.78, 5) is 33.4. The molecule has 1 unspecified atom stereocenters. The van der Waals surface area contributed by atoms with Gasteiger partial charge in [-0.1, -0.05) is 6.92 Å². The molecule has 1 rings (SSSR count). The van der Waals surface area contributed by atoms with Crippen molar-refractivity contribution in [3.63, 3.8) is 0 Å². The van der Waals surface area contributed by atoms with E-state index in [0.717, 1.165) is 19.1 Å². The van der Waals surface area contributed by atoms with Crippen LogP contribution in [0.5, 0.6) is 0 Å². The van der Waals surface area contributed by atoms with Crippen molar-refractivity contribution in [1.29, 1.82) is 0 Å². The summed E-state index contributed by atoms with van der Waals surface area (Å²) in [5.74, 6) is 1.27. The van der Waals surface area contributed by atoms with E-state index in [2.05, 4.69) is 5.32 Å². The second kappa shape index (κ2) is 6.75. The fourth-order valence-corrected chi connectivity index (χ4v) is 3.31. The molecule has 0 saturated carbocycles. The molecule has 10 heteroatoms. The van der Waals surface area contributed by atoms with Crippen LogP contribution in [0.15, 0.2) is 29.2 Å². The minimum absolute atomic E-state index is 0.111. The number of sulfone groups is 1. The summed E-state index contributed by atoms with van der Waals surface area (Å²) in [6.07, 6.45) is -0.111. The largest absolute Gasteiger partial charge is 0.480 e. The number of hydrogen-bond donors (Lipinski definition) is 4. The molecule has 9 nitrogen and oxygen atoms in total. The van der Waals surface area contributed by atoms with Crippen LogP contribution >= 0.6 is 0 Å². The van der Waals surface area contributed by atoms with Gasteiger partial charge in [0.15, 0.2) is 14.6 Å². The maximum atomic E-state index is 12.5. The van der Waals surface area contributed by atoms with E-state index >= 15 is 0 Å². The lowest BCUT2D eigenvalue weighted by Gasteiger charge is -2.23. The summed E-state index contributed by atoms with van der Waals surface area (Å²) in [7, 11) is -4.13. The van der Waals surface area contributed by atoms with E-state index in [1.807, 2.05) is 0 Å². The first kappa shape index (κ1) is 18.6. The summed E-state index contributed by atoms with van der Waals surface area (Å²) in [6, 6.07) is 4.79. The molecule has 5 N–H and O–H groups in total. The van der Waals surface area contributed by atoms with Gasteiger partial charge in [0.25, 0.3) is 0 Å². The van der Waals surface area contributed by atoms with Crippen LogP contribution in [0.4, 0.5) is 5.69 Å². The van der Waals surface area contributed by atoms with Gasteiger partial charge in [-0.15, -0.1) is 0 Å². The molecular formula is C13H17N3O6S. The summed E-state index contributed by atoms with van der Waals surface area (Å²) >= 11 is 0. The number of carbonyl (C=O) groups excluding carboxylic acids is 2. The maximum Gasteiger partial charge on any atom is 0.325 e. The van der Waals surface area contributed by atoms with Crippen molar-refractivity contribution >= 4 is 33.3 Å². The van der Waals surface area contributed by atoms with Gasteiger partial charge in [0, 0.05) is 5.69 Å². The highest BCUT2D eigenvalue weighted by atomic mass is 32.2. The number of hydrazine groups is 1. The molecular weight excluding hydrogens is 326 g/mol. The number of carboxylic acid groups (broad SMARTS) is 1. The minimum Gasteiger partial charge on any atom is -0.480 e. The number of benzene rings is 1. The highest BCUT2D eigenvalue weighted by Crippen LogP contribution is 2.29. The van der Waals surface area contributed by atoms with Gasteiger partial charge in [0.1, 0.15) is 0 Å². The van der Waals surface area contributed by atoms with Crippen LogP contribution in [-0.2, 0) is 24.2 Å². The van der Waals surface area contributed by atoms with Crippen LogP contribution in [0.25, 0.3) is 0 Å². The Morgan fingerprint density at radius 2 is 1.70 bits per heavy atom.